The third kappa shape index (κ3) is 4.70. The first kappa shape index (κ1) is 19.0. The van der Waals surface area contributed by atoms with Crippen molar-refractivity contribution in [3.63, 3.8) is 0 Å². The third-order valence-electron chi connectivity index (χ3n) is 4.71. The number of nitrogens with zero attached hydrogens (tertiary/aromatic N) is 3. The van der Waals surface area contributed by atoms with Crippen molar-refractivity contribution in [2.24, 2.45) is 4.99 Å². The average molecular weight is 368 g/mol. The minimum Gasteiger partial charge on any atom is -0.493 e. The van der Waals surface area contributed by atoms with Crippen LogP contribution >= 0.6 is 0 Å². The fourth-order valence-electron chi connectivity index (χ4n) is 3.31. The van der Waals surface area contributed by atoms with Crippen LogP contribution in [0.15, 0.2) is 41.5 Å². The average Bonchev–Trinajstić information content (AvgIpc) is 2.72. The van der Waals surface area contributed by atoms with Gasteiger partial charge in [0.15, 0.2) is 17.5 Å². The Morgan fingerprint density at radius 1 is 1.19 bits per heavy atom. The zero-order valence-corrected chi connectivity index (χ0v) is 16.4. The molecule has 0 atom stereocenters. The highest BCUT2D eigenvalue weighted by atomic mass is 16.5. The number of ether oxygens (including phenoxy) is 2. The summed E-state index contributed by atoms with van der Waals surface area (Å²) in [4.78, 5) is 11.5. The highest BCUT2D eigenvalue weighted by Gasteiger charge is 2.21. The van der Waals surface area contributed by atoms with Crippen LogP contribution in [0, 0.1) is 0 Å². The van der Waals surface area contributed by atoms with Gasteiger partial charge in [-0.05, 0) is 48.7 Å². The molecule has 144 valence electrons. The molecule has 1 N–H and O–H groups in total. The van der Waals surface area contributed by atoms with E-state index in [0.717, 1.165) is 55.6 Å². The molecular weight excluding hydrogens is 340 g/mol. The molecule has 3 rings (SSSR count). The first-order chi connectivity index (χ1) is 13.2. The van der Waals surface area contributed by atoms with Crippen LogP contribution < -0.4 is 14.8 Å². The summed E-state index contributed by atoms with van der Waals surface area (Å²) < 4.78 is 10.9. The molecule has 1 aromatic heterocycles. The highest BCUT2D eigenvalue weighted by Crippen LogP contribution is 2.33. The summed E-state index contributed by atoms with van der Waals surface area (Å²) in [6, 6.07) is 10.2. The maximum absolute atomic E-state index is 5.46. The van der Waals surface area contributed by atoms with Gasteiger partial charge in [-0.15, -0.1) is 0 Å². The second kappa shape index (κ2) is 9.26. The van der Waals surface area contributed by atoms with E-state index in [1.807, 2.05) is 24.4 Å². The maximum Gasteiger partial charge on any atom is 0.194 e. The predicted octanol–water partition coefficient (Wildman–Crippen LogP) is 2.67. The fourth-order valence-corrected chi connectivity index (χ4v) is 3.31. The van der Waals surface area contributed by atoms with Crippen LogP contribution in [0.25, 0.3) is 0 Å². The van der Waals surface area contributed by atoms with Crippen LogP contribution in [0.5, 0.6) is 11.5 Å². The minimum atomic E-state index is 0.717. The Bertz CT molecular complexity index is 777. The van der Waals surface area contributed by atoms with E-state index in [9.17, 15) is 0 Å². The van der Waals surface area contributed by atoms with Crippen molar-refractivity contribution in [1.82, 2.24) is 15.2 Å². The second-order valence-corrected chi connectivity index (χ2v) is 6.45. The molecule has 0 radical (unpaired) electrons. The van der Waals surface area contributed by atoms with Gasteiger partial charge in [-0.1, -0.05) is 6.07 Å². The minimum absolute atomic E-state index is 0.717. The normalized spacial score (nSPS) is 13.9. The zero-order valence-electron chi connectivity index (χ0n) is 16.4. The monoisotopic (exact) mass is 368 g/mol. The van der Waals surface area contributed by atoms with E-state index in [-0.39, 0.29) is 0 Å². The van der Waals surface area contributed by atoms with Crippen molar-refractivity contribution in [2.45, 2.75) is 26.3 Å². The molecule has 0 amide bonds. The van der Waals surface area contributed by atoms with Crippen molar-refractivity contribution >= 4 is 5.96 Å². The van der Waals surface area contributed by atoms with Gasteiger partial charge in [-0.2, -0.15) is 0 Å². The van der Waals surface area contributed by atoms with Gasteiger partial charge < -0.3 is 19.7 Å². The third-order valence-corrected chi connectivity index (χ3v) is 4.71. The first-order valence-corrected chi connectivity index (χ1v) is 9.42. The van der Waals surface area contributed by atoms with Gasteiger partial charge in [-0.3, -0.25) is 9.98 Å². The van der Waals surface area contributed by atoms with Crippen LogP contribution in [-0.2, 0) is 19.4 Å². The van der Waals surface area contributed by atoms with Crippen LogP contribution in [0.2, 0.25) is 0 Å². The topological polar surface area (TPSA) is 59.0 Å². The molecule has 6 heteroatoms. The molecule has 0 fully saturated rings. The summed E-state index contributed by atoms with van der Waals surface area (Å²) in [6.07, 6.45) is 3.62. The zero-order chi connectivity index (χ0) is 19.1. The number of fused-ring (bicyclic) bond motifs is 1. The van der Waals surface area contributed by atoms with Crippen molar-refractivity contribution in [3.8, 4) is 11.5 Å². The molecule has 0 spiro atoms. The van der Waals surface area contributed by atoms with Gasteiger partial charge in [0.05, 0.1) is 14.2 Å². The number of hydrogen-bond acceptors (Lipinski definition) is 4. The number of methoxy groups -OCH3 is 2. The molecule has 2 aromatic rings. The smallest absolute Gasteiger partial charge is 0.194 e. The number of rotatable bonds is 6. The van der Waals surface area contributed by atoms with E-state index in [1.54, 1.807) is 14.2 Å². The SMILES string of the molecule is CCNC(=NCCc1ccccn1)N1CCc2cc(OC)c(OC)cc2C1. The highest BCUT2D eigenvalue weighted by molar-refractivity contribution is 5.80. The van der Waals surface area contributed by atoms with Gasteiger partial charge in [-0.25, -0.2) is 0 Å². The molecule has 1 aromatic carbocycles. The lowest BCUT2D eigenvalue weighted by molar-refractivity contribution is 0.346. The van der Waals surface area contributed by atoms with E-state index >= 15 is 0 Å². The Balaban J connectivity index is 1.72. The van der Waals surface area contributed by atoms with Gasteiger partial charge >= 0.3 is 0 Å². The Morgan fingerprint density at radius 2 is 1.96 bits per heavy atom. The number of benzene rings is 1. The predicted molar refractivity (Wildman–Crippen MR) is 108 cm³/mol. The summed E-state index contributed by atoms with van der Waals surface area (Å²) in [5.41, 5.74) is 3.64. The van der Waals surface area contributed by atoms with E-state index in [2.05, 4.69) is 34.3 Å². The Kier molecular flexibility index (Phi) is 6.52. The Morgan fingerprint density at radius 3 is 2.63 bits per heavy atom. The van der Waals surface area contributed by atoms with E-state index in [1.165, 1.54) is 11.1 Å². The summed E-state index contributed by atoms with van der Waals surface area (Å²) in [7, 11) is 3.35. The molecular formula is C21H28N4O2. The van der Waals surface area contributed by atoms with Gasteiger partial charge in [0.25, 0.3) is 0 Å². The van der Waals surface area contributed by atoms with Crippen LogP contribution in [-0.4, -0.2) is 49.7 Å². The summed E-state index contributed by atoms with van der Waals surface area (Å²) in [5.74, 6) is 2.52. The van der Waals surface area contributed by atoms with Crippen molar-refractivity contribution in [1.29, 1.82) is 0 Å². The molecule has 1 aliphatic heterocycles. The maximum atomic E-state index is 5.46. The van der Waals surface area contributed by atoms with Gasteiger partial charge in [0, 0.05) is 44.5 Å². The van der Waals surface area contributed by atoms with Crippen LogP contribution in [0.3, 0.4) is 0 Å². The fraction of sp³-hybridized carbons (Fsp3) is 0.429. The van der Waals surface area contributed by atoms with Crippen LogP contribution in [0.1, 0.15) is 23.7 Å². The quantitative estimate of drug-likeness (QED) is 0.627. The van der Waals surface area contributed by atoms with Crippen molar-refractivity contribution < 1.29 is 9.47 Å². The molecule has 0 unspecified atom stereocenters. The number of guanidine groups is 1. The summed E-state index contributed by atoms with van der Waals surface area (Å²) >= 11 is 0. The molecule has 2 heterocycles. The van der Waals surface area contributed by atoms with Gasteiger partial charge in [0.1, 0.15) is 0 Å². The molecule has 0 saturated carbocycles. The number of aromatic nitrogens is 1. The molecule has 0 saturated heterocycles. The molecule has 27 heavy (non-hydrogen) atoms. The van der Waals surface area contributed by atoms with Crippen molar-refractivity contribution in [2.75, 3.05) is 33.9 Å². The standard InChI is InChI=1S/C21H28N4O2/c1-4-22-21(24-11-8-18-7-5-6-10-23-18)25-12-9-16-13-19(26-2)20(27-3)14-17(16)15-25/h5-7,10,13-14H,4,8-9,11-12,15H2,1-3H3,(H,22,24). The molecule has 0 aliphatic carbocycles. The second-order valence-electron chi connectivity index (χ2n) is 6.45. The summed E-state index contributed by atoms with van der Waals surface area (Å²) in [6.45, 7) is 5.40. The first-order valence-electron chi connectivity index (χ1n) is 9.42. The van der Waals surface area contributed by atoms with Crippen molar-refractivity contribution in [3.05, 3.63) is 53.3 Å². The van der Waals surface area contributed by atoms with E-state index in [0.29, 0.717) is 6.54 Å². The number of nitrogens with one attached hydrogen (secondary N) is 1. The van der Waals surface area contributed by atoms with E-state index < -0.39 is 0 Å². The lowest BCUT2D eigenvalue weighted by Gasteiger charge is -2.32. The lowest BCUT2D eigenvalue weighted by atomic mass is 9.99. The molecule has 6 nitrogen and oxygen atoms in total. The summed E-state index contributed by atoms with van der Waals surface area (Å²) in [5, 5.41) is 3.42. The number of aliphatic imine (C=N–C) groups is 1. The number of hydrogen-bond donors (Lipinski definition) is 1. The lowest BCUT2D eigenvalue weighted by Crippen LogP contribution is -2.44. The Hall–Kier alpha value is -2.76. The Labute approximate surface area is 161 Å². The van der Waals surface area contributed by atoms with E-state index in [4.69, 9.17) is 14.5 Å². The number of pyridine rings is 1. The van der Waals surface area contributed by atoms with Crippen LogP contribution in [0.4, 0.5) is 0 Å². The molecule has 1 aliphatic rings. The molecule has 0 bridgehead atoms. The van der Waals surface area contributed by atoms with Gasteiger partial charge in [0.2, 0.25) is 0 Å². The largest absolute Gasteiger partial charge is 0.493 e.